The number of benzene rings is 2. The van der Waals surface area contributed by atoms with E-state index in [2.05, 4.69) is 29.6 Å². The molecule has 0 radical (unpaired) electrons. The lowest BCUT2D eigenvalue weighted by molar-refractivity contribution is -0.161. The van der Waals surface area contributed by atoms with E-state index < -0.39 is 23.5 Å². The molecule has 7 nitrogen and oxygen atoms in total. The average molecular weight is 477 g/mol. The predicted molar refractivity (Wildman–Crippen MR) is 131 cm³/mol. The standard InChI is InChI=1S/C28H32N2O5/c1-17(2)22(24(31)30-16-27(3)14-28(30,15-27)25(32)33)12-29-26(34)35-13-23-20-10-6-4-8-18(20)19-9-5-7-11-21(19)23/h4-11,17,22-23H,12-16H2,1-3H3,(H,29,34)(H,32,33). The van der Waals surface area contributed by atoms with Gasteiger partial charge >= 0.3 is 12.1 Å². The molecule has 6 rings (SSSR count). The van der Waals surface area contributed by atoms with Gasteiger partial charge in [0.05, 0.1) is 5.92 Å². The number of carboxylic acids is 1. The second kappa shape index (κ2) is 8.40. The summed E-state index contributed by atoms with van der Waals surface area (Å²) in [5, 5.41) is 12.6. The van der Waals surface area contributed by atoms with Gasteiger partial charge in [-0.05, 0) is 46.4 Å². The SMILES string of the molecule is CC(C)C(CNC(=O)OCC1c2ccccc2-c2ccccc21)C(=O)N1CC2(C)CC1(C(=O)O)C2. The van der Waals surface area contributed by atoms with E-state index in [9.17, 15) is 19.5 Å². The lowest BCUT2D eigenvalue weighted by Gasteiger charge is -2.43. The first-order valence-electron chi connectivity index (χ1n) is 12.3. The second-order valence-electron chi connectivity index (χ2n) is 11.0. The van der Waals surface area contributed by atoms with Gasteiger partial charge in [-0.2, -0.15) is 0 Å². The summed E-state index contributed by atoms with van der Waals surface area (Å²) in [5.41, 5.74) is 3.37. The van der Waals surface area contributed by atoms with E-state index in [0.717, 1.165) is 22.3 Å². The number of carbonyl (C=O) groups is 3. The van der Waals surface area contributed by atoms with E-state index in [1.807, 2.05) is 45.0 Å². The molecule has 184 valence electrons. The molecule has 2 amide bonds. The van der Waals surface area contributed by atoms with Crippen molar-refractivity contribution in [2.75, 3.05) is 19.7 Å². The zero-order chi connectivity index (χ0) is 25.0. The van der Waals surface area contributed by atoms with E-state index in [4.69, 9.17) is 4.74 Å². The molecular formula is C28H32N2O5. The van der Waals surface area contributed by atoms with Crippen molar-refractivity contribution in [1.82, 2.24) is 10.2 Å². The Balaban J connectivity index is 1.22. The fraction of sp³-hybridized carbons (Fsp3) is 0.464. The van der Waals surface area contributed by atoms with Crippen molar-refractivity contribution in [2.24, 2.45) is 17.3 Å². The highest BCUT2D eigenvalue weighted by atomic mass is 16.5. The van der Waals surface area contributed by atoms with Crippen LogP contribution in [0.15, 0.2) is 48.5 Å². The molecule has 0 spiro atoms. The molecule has 2 aliphatic carbocycles. The zero-order valence-corrected chi connectivity index (χ0v) is 20.4. The number of hydrogen-bond acceptors (Lipinski definition) is 4. The highest BCUT2D eigenvalue weighted by Gasteiger charge is 2.69. The number of fused-ring (bicyclic) bond motifs is 4. The molecule has 2 N–H and O–H groups in total. The van der Waals surface area contributed by atoms with Crippen LogP contribution in [0.25, 0.3) is 11.1 Å². The minimum atomic E-state index is -1.09. The molecule has 4 aliphatic rings. The van der Waals surface area contributed by atoms with Crippen LogP contribution in [0.3, 0.4) is 0 Å². The number of rotatable bonds is 7. The minimum Gasteiger partial charge on any atom is -0.479 e. The average Bonchev–Trinajstić information content (AvgIpc) is 3.41. The molecule has 1 unspecified atom stereocenters. The Morgan fingerprint density at radius 2 is 1.63 bits per heavy atom. The molecule has 2 aromatic carbocycles. The fourth-order valence-corrected chi connectivity index (χ4v) is 6.40. The molecule has 2 aliphatic heterocycles. The molecule has 2 aromatic rings. The van der Waals surface area contributed by atoms with Crippen LogP contribution in [0.5, 0.6) is 0 Å². The number of amides is 2. The van der Waals surface area contributed by atoms with E-state index in [0.29, 0.717) is 19.4 Å². The first-order chi connectivity index (χ1) is 16.7. The molecule has 1 atom stereocenters. The quantitative estimate of drug-likeness (QED) is 0.622. The summed E-state index contributed by atoms with van der Waals surface area (Å²) in [6.45, 7) is 6.62. The molecule has 1 saturated carbocycles. The monoisotopic (exact) mass is 476 g/mol. The van der Waals surface area contributed by atoms with Crippen molar-refractivity contribution in [1.29, 1.82) is 0 Å². The summed E-state index contributed by atoms with van der Waals surface area (Å²) in [5.74, 6) is -1.76. The van der Waals surface area contributed by atoms with Gasteiger partial charge in [0.1, 0.15) is 12.1 Å². The van der Waals surface area contributed by atoms with Gasteiger partial charge in [-0.1, -0.05) is 69.3 Å². The molecule has 35 heavy (non-hydrogen) atoms. The number of nitrogens with zero attached hydrogens (tertiary/aromatic N) is 1. The van der Waals surface area contributed by atoms with E-state index >= 15 is 0 Å². The van der Waals surface area contributed by atoms with Crippen molar-refractivity contribution >= 4 is 18.0 Å². The van der Waals surface area contributed by atoms with Gasteiger partial charge in [0, 0.05) is 19.0 Å². The maximum absolute atomic E-state index is 13.4. The van der Waals surface area contributed by atoms with Crippen molar-refractivity contribution < 1.29 is 24.2 Å². The Kier molecular flexibility index (Phi) is 5.61. The number of hydrogen-bond donors (Lipinski definition) is 2. The van der Waals surface area contributed by atoms with Crippen LogP contribution in [0.2, 0.25) is 0 Å². The smallest absolute Gasteiger partial charge is 0.407 e. The van der Waals surface area contributed by atoms with Crippen molar-refractivity contribution in [3.63, 3.8) is 0 Å². The summed E-state index contributed by atoms with van der Waals surface area (Å²) < 4.78 is 5.61. The van der Waals surface area contributed by atoms with Gasteiger partial charge in [-0.3, -0.25) is 4.79 Å². The summed E-state index contributed by atoms with van der Waals surface area (Å²) in [7, 11) is 0. The lowest BCUT2D eigenvalue weighted by atomic mass is 9.63. The van der Waals surface area contributed by atoms with E-state index in [1.165, 1.54) is 0 Å². The van der Waals surface area contributed by atoms with E-state index in [-0.39, 0.29) is 36.3 Å². The molecule has 0 aromatic heterocycles. The van der Waals surface area contributed by atoms with Crippen molar-refractivity contribution in [3.05, 3.63) is 59.7 Å². The number of ether oxygens (including phenoxy) is 1. The van der Waals surface area contributed by atoms with Crippen LogP contribution in [0.1, 0.15) is 50.7 Å². The van der Waals surface area contributed by atoms with Crippen LogP contribution in [-0.2, 0) is 14.3 Å². The predicted octanol–water partition coefficient (Wildman–Crippen LogP) is 4.26. The lowest BCUT2D eigenvalue weighted by Crippen LogP contribution is -2.58. The number of carboxylic acid groups (broad SMARTS) is 1. The first kappa shape index (κ1) is 23.4. The van der Waals surface area contributed by atoms with Crippen LogP contribution >= 0.6 is 0 Å². The Bertz CT molecular complexity index is 1140. The number of aliphatic carboxylic acids is 1. The summed E-state index contributed by atoms with van der Waals surface area (Å²) >= 11 is 0. The highest BCUT2D eigenvalue weighted by Crippen LogP contribution is 2.59. The van der Waals surface area contributed by atoms with Crippen LogP contribution in [0, 0.1) is 17.3 Å². The molecule has 2 heterocycles. The summed E-state index contributed by atoms with van der Waals surface area (Å²) in [6.07, 6.45) is 0.410. The third kappa shape index (κ3) is 3.77. The number of alkyl carbamates (subject to hydrolysis) is 1. The van der Waals surface area contributed by atoms with Gasteiger partial charge in [-0.15, -0.1) is 0 Å². The summed E-state index contributed by atoms with van der Waals surface area (Å²) in [4.78, 5) is 39.6. The second-order valence-corrected chi connectivity index (χ2v) is 11.0. The normalized spacial score (nSPS) is 25.0. The van der Waals surface area contributed by atoms with E-state index in [1.54, 1.807) is 4.90 Å². The first-order valence-corrected chi connectivity index (χ1v) is 12.3. The van der Waals surface area contributed by atoms with Gasteiger partial charge in [0.15, 0.2) is 0 Å². The number of carbonyl (C=O) groups excluding carboxylic acids is 2. The van der Waals surface area contributed by atoms with Crippen LogP contribution in [0.4, 0.5) is 4.79 Å². The van der Waals surface area contributed by atoms with Crippen molar-refractivity contribution in [2.45, 2.75) is 45.1 Å². The number of nitrogens with one attached hydrogen (secondary N) is 1. The van der Waals surface area contributed by atoms with Gasteiger partial charge in [0.25, 0.3) is 0 Å². The highest BCUT2D eigenvalue weighted by molar-refractivity contribution is 5.91. The molecular weight excluding hydrogens is 444 g/mol. The van der Waals surface area contributed by atoms with Crippen molar-refractivity contribution in [3.8, 4) is 11.1 Å². The Labute approximate surface area is 205 Å². The minimum absolute atomic E-state index is 0.0387. The maximum Gasteiger partial charge on any atom is 0.407 e. The molecule has 2 bridgehead atoms. The fourth-order valence-electron chi connectivity index (χ4n) is 6.40. The zero-order valence-electron chi connectivity index (χ0n) is 20.4. The topological polar surface area (TPSA) is 95.9 Å². The molecule has 2 saturated heterocycles. The molecule has 7 heteroatoms. The Morgan fingerprint density at radius 1 is 1.06 bits per heavy atom. The van der Waals surface area contributed by atoms with Gasteiger partial charge < -0.3 is 20.1 Å². The molecule has 3 fully saturated rings. The van der Waals surface area contributed by atoms with Crippen LogP contribution < -0.4 is 5.32 Å². The van der Waals surface area contributed by atoms with Gasteiger partial charge in [0.2, 0.25) is 5.91 Å². The maximum atomic E-state index is 13.4. The third-order valence-electron chi connectivity index (χ3n) is 8.09. The Morgan fingerprint density at radius 3 is 2.17 bits per heavy atom. The summed E-state index contributed by atoms with van der Waals surface area (Å²) in [6, 6.07) is 16.3. The third-order valence-corrected chi connectivity index (χ3v) is 8.09. The van der Waals surface area contributed by atoms with Crippen LogP contribution in [-0.4, -0.2) is 53.2 Å². The Hall–Kier alpha value is -3.35. The van der Waals surface area contributed by atoms with Gasteiger partial charge in [-0.25, -0.2) is 9.59 Å². The largest absolute Gasteiger partial charge is 0.479 e.